The van der Waals surface area contributed by atoms with Crippen LogP contribution in [0.4, 0.5) is 0 Å². The second kappa shape index (κ2) is 5.37. The van der Waals surface area contributed by atoms with Gasteiger partial charge in [0.2, 0.25) is 0 Å². The zero-order valence-corrected chi connectivity index (χ0v) is 11.0. The van der Waals surface area contributed by atoms with Crippen molar-refractivity contribution in [2.75, 3.05) is 19.8 Å². The van der Waals surface area contributed by atoms with Crippen molar-refractivity contribution in [3.05, 3.63) is 12.4 Å². The highest BCUT2D eigenvalue weighted by Gasteiger charge is 2.24. The van der Waals surface area contributed by atoms with Crippen molar-refractivity contribution in [1.82, 2.24) is 9.80 Å². The second-order valence-electron chi connectivity index (χ2n) is 5.53. The number of ketones is 1. The molecule has 92 valence electrons. The summed E-state index contributed by atoms with van der Waals surface area (Å²) >= 11 is 0. The van der Waals surface area contributed by atoms with Crippen LogP contribution in [0.5, 0.6) is 0 Å². The summed E-state index contributed by atoms with van der Waals surface area (Å²) in [5.41, 5.74) is -0.231. The highest BCUT2D eigenvalue weighted by atomic mass is 16.1. The maximum Gasteiger partial charge on any atom is 0.157 e. The van der Waals surface area contributed by atoms with E-state index in [1.54, 1.807) is 0 Å². The summed E-state index contributed by atoms with van der Waals surface area (Å²) < 4.78 is 0. The SMILES string of the molecule is CCCCN1C=CN(CC(=O)C(C)(C)C)C1. The molecule has 3 heteroatoms. The van der Waals surface area contributed by atoms with Gasteiger partial charge < -0.3 is 9.80 Å². The molecule has 0 N–H and O–H groups in total. The lowest BCUT2D eigenvalue weighted by Gasteiger charge is -2.24. The molecule has 0 unspecified atom stereocenters. The molecule has 0 aromatic heterocycles. The number of Topliss-reactive ketones (excluding diaryl/α,β-unsaturated/α-hetero) is 1. The van der Waals surface area contributed by atoms with Crippen molar-refractivity contribution >= 4 is 5.78 Å². The third-order valence-electron chi connectivity index (χ3n) is 2.83. The standard InChI is InChI=1S/C13H24N2O/c1-5-6-7-14-8-9-15(11-14)10-12(16)13(2,3)4/h8-9H,5-7,10-11H2,1-4H3. The Bertz CT molecular complexity index is 266. The van der Waals surface area contributed by atoms with E-state index in [4.69, 9.17) is 0 Å². The van der Waals surface area contributed by atoms with Crippen molar-refractivity contribution in [3.63, 3.8) is 0 Å². The zero-order chi connectivity index (χ0) is 12.2. The quantitative estimate of drug-likeness (QED) is 0.716. The van der Waals surface area contributed by atoms with Crippen LogP contribution >= 0.6 is 0 Å². The number of hydrogen-bond donors (Lipinski definition) is 0. The van der Waals surface area contributed by atoms with Gasteiger partial charge in [-0.2, -0.15) is 0 Å². The summed E-state index contributed by atoms with van der Waals surface area (Å²) in [7, 11) is 0. The molecule has 0 radical (unpaired) electrons. The third kappa shape index (κ3) is 3.87. The fraction of sp³-hybridized carbons (Fsp3) is 0.769. The molecule has 0 saturated heterocycles. The molecule has 1 rings (SSSR count). The monoisotopic (exact) mass is 224 g/mol. The fourth-order valence-electron chi connectivity index (χ4n) is 1.55. The number of carbonyl (C=O) groups excluding carboxylic acids is 1. The Morgan fingerprint density at radius 3 is 2.44 bits per heavy atom. The Morgan fingerprint density at radius 2 is 1.88 bits per heavy atom. The third-order valence-corrected chi connectivity index (χ3v) is 2.83. The molecule has 0 bridgehead atoms. The van der Waals surface area contributed by atoms with E-state index in [0.29, 0.717) is 12.3 Å². The summed E-state index contributed by atoms with van der Waals surface area (Å²) in [5, 5.41) is 0. The largest absolute Gasteiger partial charge is 0.359 e. The van der Waals surface area contributed by atoms with E-state index in [1.165, 1.54) is 12.8 Å². The molecule has 0 aromatic rings. The van der Waals surface area contributed by atoms with Gasteiger partial charge in [0.25, 0.3) is 0 Å². The Kier molecular flexibility index (Phi) is 4.39. The van der Waals surface area contributed by atoms with E-state index in [9.17, 15) is 4.79 Å². The van der Waals surface area contributed by atoms with E-state index in [2.05, 4.69) is 22.9 Å². The van der Waals surface area contributed by atoms with Gasteiger partial charge in [0.15, 0.2) is 5.78 Å². The number of rotatable bonds is 5. The van der Waals surface area contributed by atoms with Crippen molar-refractivity contribution < 1.29 is 4.79 Å². The first-order valence-electron chi connectivity index (χ1n) is 6.13. The molecule has 0 spiro atoms. The molecular formula is C13H24N2O. The van der Waals surface area contributed by atoms with Crippen LogP contribution in [0, 0.1) is 5.41 Å². The van der Waals surface area contributed by atoms with E-state index in [1.807, 2.05) is 27.0 Å². The maximum atomic E-state index is 11.8. The molecule has 0 saturated carbocycles. The molecular weight excluding hydrogens is 200 g/mol. The van der Waals surface area contributed by atoms with E-state index in [-0.39, 0.29) is 5.41 Å². The van der Waals surface area contributed by atoms with Crippen LogP contribution in [0.25, 0.3) is 0 Å². The van der Waals surface area contributed by atoms with Gasteiger partial charge in [-0.1, -0.05) is 34.1 Å². The van der Waals surface area contributed by atoms with Crippen LogP contribution in [0.15, 0.2) is 12.4 Å². The van der Waals surface area contributed by atoms with Gasteiger partial charge in [-0.15, -0.1) is 0 Å². The minimum absolute atomic E-state index is 0.231. The average molecular weight is 224 g/mol. The highest BCUT2D eigenvalue weighted by Crippen LogP contribution is 2.17. The summed E-state index contributed by atoms with van der Waals surface area (Å²) in [6, 6.07) is 0. The minimum Gasteiger partial charge on any atom is -0.359 e. The molecule has 0 amide bonds. The van der Waals surface area contributed by atoms with Crippen LogP contribution in [0.1, 0.15) is 40.5 Å². The average Bonchev–Trinajstić information content (AvgIpc) is 2.61. The molecule has 1 aliphatic rings. The van der Waals surface area contributed by atoms with Crippen molar-refractivity contribution in [2.24, 2.45) is 5.41 Å². The van der Waals surface area contributed by atoms with Gasteiger partial charge >= 0.3 is 0 Å². The summed E-state index contributed by atoms with van der Waals surface area (Å²) in [5.74, 6) is 0.300. The van der Waals surface area contributed by atoms with Crippen LogP contribution in [-0.2, 0) is 4.79 Å². The number of carbonyl (C=O) groups is 1. The Labute approximate surface area is 99.1 Å². The molecule has 0 atom stereocenters. The van der Waals surface area contributed by atoms with Crippen molar-refractivity contribution in [2.45, 2.75) is 40.5 Å². The lowest BCUT2D eigenvalue weighted by Crippen LogP contribution is -2.35. The van der Waals surface area contributed by atoms with Crippen molar-refractivity contribution in [1.29, 1.82) is 0 Å². The molecule has 16 heavy (non-hydrogen) atoms. The van der Waals surface area contributed by atoms with E-state index in [0.717, 1.165) is 13.2 Å². The predicted octanol–water partition coefficient (Wildman–Crippen LogP) is 2.45. The summed E-state index contributed by atoms with van der Waals surface area (Å²) in [6.45, 7) is 10.6. The van der Waals surface area contributed by atoms with E-state index >= 15 is 0 Å². The molecule has 1 heterocycles. The molecule has 0 aliphatic carbocycles. The van der Waals surface area contributed by atoms with Gasteiger partial charge in [0.1, 0.15) is 0 Å². The number of hydrogen-bond acceptors (Lipinski definition) is 3. The van der Waals surface area contributed by atoms with Gasteiger partial charge in [0, 0.05) is 24.4 Å². The Hall–Kier alpha value is -0.990. The smallest absolute Gasteiger partial charge is 0.157 e. The lowest BCUT2D eigenvalue weighted by molar-refractivity contribution is -0.127. The highest BCUT2D eigenvalue weighted by molar-refractivity contribution is 5.85. The van der Waals surface area contributed by atoms with Crippen LogP contribution in [0.2, 0.25) is 0 Å². The summed E-state index contributed by atoms with van der Waals surface area (Å²) in [6.07, 6.45) is 6.54. The van der Waals surface area contributed by atoms with Crippen molar-refractivity contribution in [3.8, 4) is 0 Å². The molecule has 3 nitrogen and oxygen atoms in total. The first-order chi connectivity index (χ1) is 7.43. The lowest BCUT2D eigenvalue weighted by atomic mass is 9.91. The minimum atomic E-state index is -0.231. The Morgan fingerprint density at radius 1 is 1.25 bits per heavy atom. The van der Waals surface area contributed by atoms with Gasteiger partial charge in [0.05, 0.1) is 13.2 Å². The van der Waals surface area contributed by atoms with Crippen LogP contribution in [0.3, 0.4) is 0 Å². The first-order valence-corrected chi connectivity index (χ1v) is 6.13. The van der Waals surface area contributed by atoms with Gasteiger partial charge in [-0.3, -0.25) is 4.79 Å². The summed E-state index contributed by atoms with van der Waals surface area (Å²) in [4.78, 5) is 16.2. The van der Waals surface area contributed by atoms with E-state index < -0.39 is 0 Å². The normalized spacial score (nSPS) is 16.0. The fourth-order valence-corrected chi connectivity index (χ4v) is 1.55. The molecule has 0 aromatic carbocycles. The predicted molar refractivity (Wildman–Crippen MR) is 66.8 cm³/mol. The van der Waals surface area contributed by atoms with Crippen LogP contribution in [-0.4, -0.2) is 35.3 Å². The number of unbranched alkanes of at least 4 members (excludes halogenated alkanes) is 1. The zero-order valence-electron chi connectivity index (χ0n) is 11.0. The molecule has 1 aliphatic heterocycles. The Balaban J connectivity index is 2.33. The molecule has 0 fully saturated rings. The van der Waals surface area contributed by atoms with Gasteiger partial charge in [-0.05, 0) is 6.42 Å². The van der Waals surface area contributed by atoms with Crippen LogP contribution < -0.4 is 0 Å². The second-order valence-corrected chi connectivity index (χ2v) is 5.53. The maximum absolute atomic E-state index is 11.8. The topological polar surface area (TPSA) is 23.6 Å². The van der Waals surface area contributed by atoms with Gasteiger partial charge in [-0.25, -0.2) is 0 Å². The first kappa shape index (κ1) is 13.1. The number of nitrogens with zero attached hydrogens (tertiary/aromatic N) is 2.